The van der Waals surface area contributed by atoms with Crippen LogP contribution in [0.4, 0.5) is 11.4 Å². The van der Waals surface area contributed by atoms with Crippen molar-refractivity contribution >= 4 is 17.3 Å². The minimum absolute atomic E-state index is 0.0621. The molecule has 1 aliphatic heterocycles. The summed E-state index contributed by atoms with van der Waals surface area (Å²) in [5, 5.41) is 3.34. The molecule has 138 valence electrons. The number of rotatable bonds is 5. The van der Waals surface area contributed by atoms with Crippen LogP contribution in [-0.2, 0) is 0 Å². The van der Waals surface area contributed by atoms with Crippen molar-refractivity contribution in [3.05, 3.63) is 53.9 Å². The second kappa shape index (κ2) is 8.32. The molecule has 26 heavy (non-hydrogen) atoms. The Kier molecular flexibility index (Phi) is 5.89. The molecule has 1 saturated heterocycles. The van der Waals surface area contributed by atoms with E-state index in [0.717, 1.165) is 44.1 Å². The molecule has 0 atom stereocenters. The van der Waals surface area contributed by atoms with E-state index >= 15 is 0 Å². The molecule has 5 nitrogen and oxygen atoms in total. The van der Waals surface area contributed by atoms with Crippen molar-refractivity contribution in [3.8, 4) is 0 Å². The number of hydrogen-bond acceptors (Lipinski definition) is 4. The first-order valence-corrected chi connectivity index (χ1v) is 9.40. The number of pyridine rings is 1. The molecule has 2 heterocycles. The van der Waals surface area contributed by atoms with E-state index in [2.05, 4.69) is 60.2 Å². The number of benzene rings is 1. The van der Waals surface area contributed by atoms with Crippen LogP contribution >= 0.6 is 0 Å². The lowest BCUT2D eigenvalue weighted by Crippen LogP contribution is -2.48. The largest absolute Gasteiger partial charge is 0.354 e. The van der Waals surface area contributed by atoms with Gasteiger partial charge in [0.15, 0.2) is 0 Å². The van der Waals surface area contributed by atoms with E-state index in [0.29, 0.717) is 11.5 Å². The van der Waals surface area contributed by atoms with Crippen LogP contribution in [0.5, 0.6) is 0 Å². The zero-order valence-electron chi connectivity index (χ0n) is 15.9. The van der Waals surface area contributed by atoms with Crippen molar-refractivity contribution < 1.29 is 4.79 Å². The second-order valence-electron chi connectivity index (χ2n) is 7.09. The van der Waals surface area contributed by atoms with Gasteiger partial charge in [0.05, 0.1) is 17.4 Å². The van der Waals surface area contributed by atoms with Crippen molar-refractivity contribution in [1.29, 1.82) is 0 Å². The smallest absolute Gasteiger partial charge is 0.255 e. The van der Waals surface area contributed by atoms with Crippen LogP contribution < -0.4 is 5.32 Å². The topological polar surface area (TPSA) is 48.5 Å². The van der Waals surface area contributed by atoms with Gasteiger partial charge in [-0.2, -0.15) is 0 Å². The lowest BCUT2D eigenvalue weighted by molar-refractivity contribution is 0.0643. The molecule has 1 aliphatic rings. The zero-order chi connectivity index (χ0) is 18.5. The number of likely N-dealkylation sites (N-methyl/N-ethyl adjacent to an activating group) is 1. The first-order chi connectivity index (χ1) is 12.6. The molecule has 5 heteroatoms. The predicted octanol–water partition coefficient (Wildman–Crippen LogP) is 3.73. The molecular formula is C21H28N4O. The fraction of sp³-hybridized carbons (Fsp3) is 0.429. The van der Waals surface area contributed by atoms with Crippen LogP contribution in [-0.4, -0.2) is 53.4 Å². The SMILES string of the molecule is CCN1CCN(C(=O)c2cncc(Nc3ccc(C(C)C)cc3)c2)CC1. The van der Waals surface area contributed by atoms with E-state index in [1.807, 2.05) is 11.0 Å². The summed E-state index contributed by atoms with van der Waals surface area (Å²) < 4.78 is 0. The quantitative estimate of drug-likeness (QED) is 0.891. The summed E-state index contributed by atoms with van der Waals surface area (Å²) in [5.74, 6) is 0.576. The molecule has 1 aromatic carbocycles. The monoisotopic (exact) mass is 352 g/mol. The number of aromatic nitrogens is 1. The molecule has 1 aromatic heterocycles. The molecule has 0 saturated carbocycles. The fourth-order valence-electron chi connectivity index (χ4n) is 3.19. The average Bonchev–Trinajstić information content (AvgIpc) is 2.68. The maximum atomic E-state index is 12.8. The molecule has 1 fully saturated rings. The lowest BCUT2D eigenvalue weighted by atomic mass is 10.0. The molecule has 0 unspecified atom stereocenters. The summed E-state index contributed by atoms with van der Waals surface area (Å²) in [6.45, 7) is 11.0. The minimum Gasteiger partial charge on any atom is -0.354 e. The highest BCUT2D eigenvalue weighted by Crippen LogP contribution is 2.21. The predicted molar refractivity (Wildman–Crippen MR) is 106 cm³/mol. The summed E-state index contributed by atoms with van der Waals surface area (Å²) in [6, 6.07) is 10.3. The molecule has 1 N–H and O–H groups in total. The standard InChI is InChI=1S/C21H28N4O/c1-4-24-9-11-25(12-10-24)21(26)18-13-20(15-22-14-18)23-19-7-5-17(6-8-19)16(2)3/h5-8,13-16,23H,4,9-12H2,1-3H3. The highest BCUT2D eigenvalue weighted by atomic mass is 16.2. The maximum Gasteiger partial charge on any atom is 0.255 e. The highest BCUT2D eigenvalue weighted by Gasteiger charge is 2.21. The van der Waals surface area contributed by atoms with Crippen LogP contribution in [0.25, 0.3) is 0 Å². The van der Waals surface area contributed by atoms with E-state index in [9.17, 15) is 4.79 Å². The normalized spacial score (nSPS) is 15.3. The molecule has 1 amide bonds. The van der Waals surface area contributed by atoms with Gasteiger partial charge in [-0.15, -0.1) is 0 Å². The Morgan fingerprint density at radius 1 is 1.08 bits per heavy atom. The number of amides is 1. The number of nitrogens with zero attached hydrogens (tertiary/aromatic N) is 3. The van der Waals surface area contributed by atoms with Crippen molar-refractivity contribution in [2.24, 2.45) is 0 Å². The molecule has 2 aromatic rings. The fourth-order valence-corrected chi connectivity index (χ4v) is 3.19. The molecule has 0 radical (unpaired) electrons. The van der Waals surface area contributed by atoms with E-state index in [1.54, 1.807) is 12.4 Å². The third kappa shape index (κ3) is 4.41. The highest BCUT2D eigenvalue weighted by molar-refractivity contribution is 5.95. The van der Waals surface area contributed by atoms with Gasteiger partial charge in [-0.1, -0.05) is 32.9 Å². The van der Waals surface area contributed by atoms with E-state index in [-0.39, 0.29) is 5.91 Å². The van der Waals surface area contributed by atoms with Gasteiger partial charge in [0.1, 0.15) is 0 Å². The Hall–Kier alpha value is -2.40. The van der Waals surface area contributed by atoms with Gasteiger partial charge in [0, 0.05) is 38.1 Å². The summed E-state index contributed by atoms with van der Waals surface area (Å²) >= 11 is 0. The Morgan fingerprint density at radius 3 is 2.38 bits per heavy atom. The summed E-state index contributed by atoms with van der Waals surface area (Å²) in [5.41, 5.74) is 3.78. The second-order valence-corrected chi connectivity index (χ2v) is 7.09. The van der Waals surface area contributed by atoms with E-state index < -0.39 is 0 Å². The van der Waals surface area contributed by atoms with Crippen LogP contribution in [0.15, 0.2) is 42.7 Å². The zero-order valence-corrected chi connectivity index (χ0v) is 15.9. The number of nitrogens with one attached hydrogen (secondary N) is 1. The first kappa shape index (κ1) is 18.4. The first-order valence-electron chi connectivity index (χ1n) is 9.40. The van der Waals surface area contributed by atoms with Crippen LogP contribution in [0.2, 0.25) is 0 Å². The van der Waals surface area contributed by atoms with Crippen molar-refractivity contribution in [1.82, 2.24) is 14.8 Å². The third-order valence-electron chi connectivity index (χ3n) is 4.96. The minimum atomic E-state index is 0.0621. The maximum absolute atomic E-state index is 12.8. The van der Waals surface area contributed by atoms with E-state index in [4.69, 9.17) is 0 Å². The van der Waals surface area contributed by atoms with Gasteiger partial charge in [-0.25, -0.2) is 0 Å². The number of carbonyl (C=O) groups is 1. The number of piperazine rings is 1. The number of hydrogen-bond donors (Lipinski definition) is 1. The third-order valence-corrected chi connectivity index (χ3v) is 4.96. The van der Waals surface area contributed by atoms with Crippen molar-refractivity contribution in [2.75, 3.05) is 38.0 Å². The summed E-state index contributed by atoms with van der Waals surface area (Å²) in [6.07, 6.45) is 3.41. The Labute approximate surface area is 156 Å². The Balaban J connectivity index is 1.67. The van der Waals surface area contributed by atoms with Crippen LogP contribution in [0, 0.1) is 0 Å². The summed E-state index contributed by atoms with van der Waals surface area (Å²) in [4.78, 5) is 21.3. The van der Waals surface area contributed by atoms with Gasteiger partial charge in [0.25, 0.3) is 5.91 Å². The molecule has 0 spiro atoms. The van der Waals surface area contributed by atoms with Crippen molar-refractivity contribution in [3.63, 3.8) is 0 Å². The van der Waals surface area contributed by atoms with Gasteiger partial charge in [0.2, 0.25) is 0 Å². The number of anilines is 2. The summed E-state index contributed by atoms with van der Waals surface area (Å²) in [7, 11) is 0. The molecule has 3 rings (SSSR count). The van der Waals surface area contributed by atoms with Crippen LogP contribution in [0.3, 0.4) is 0 Å². The average molecular weight is 352 g/mol. The molecule has 0 aliphatic carbocycles. The lowest BCUT2D eigenvalue weighted by Gasteiger charge is -2.34. The van der Waals surface area contributed by atoms with Gasteiger partial charge in [-0.05, 0) is 36.2 Å². The van der Waals surface area contributed by atoms with Gasteiger partial charge in [-0.3, -0.25) is 9.78 Å². The van der Waals surface area contributed by atoms with Gasteiger partial charge < -0.3 is 15.1 Å². The van der Waals surface area contributed by atoms with E-state index in [1.165, 1.54) is 5.56 Å². The number of carbonyl (C=O) groups excluding carboxylic acids is 1. The van der Waals surface area contributed by atoms with Gasteiger partial charge >= 0.3 is 0 Å². The van der Waals surface area contributed by atoms with Crippen LogP contribution in [0.1, 0.15) is 42.6 Å². The van der Waals surface area contributed by atoms with Crippen molar-refractivity contribution in [2.45, 2.75) is 26.7 Å². The molecular weight excluding hydrogens is 324 g/mol. The Bertz CT molecular complexity index is 734. The molecule has 0 bridgehead atoms. The Morgan fingerprint density at radius 2 is 1.77 bits per heavy atom.